The summed E-state index contributed by atoms with van der Waals surface area (Å²) in [6, 6.07) is 20.2. The third-order valence-electron chi connectivity index (χ3n) is 4.84. The van der Waals surface area contributed by atoms with Crippen molar-refractivity contribution in [1.29, 1.82) is 0 Å². The summed E-state index contributed by atoms with van der Waals surface area (Å²) in [6.45, 7) is 0.195. The lowest BCUT2D eigenvalue weighted by Crippen LogP contribution is -2.05. The number of carbonyl (C=O) groups excluding carboxylic acids is 1. The number of hydrogen-bond acceptors (Lipinski definition) is 6. The Bertz CT molecular complexity index is 1310. The van der Waals surface area contributed by atoms with E-state index in [4.69, 9.17) is 32.7 Å². The Kier molecular flexibility index (Phi) is 5.78. The number of carbonyl (C=O) groups is 1. The van der Waals surface area contributed by atoms with Gasteiger partial charge in [0, 0.05) is 21.8 Å². The summed E-state index contributed by atoms with van der Waals surface area (Å²) in [6.07, 6.45) is 0. The van der Waals surface area contributed by atoms with Gasteiger partial charge in [0.1, 0.15) is 0 Å². The van der Waals surface area contributed by atoms with Gasteiger partial charge < -0.3 is 9.47 Å². The van der Waals surface area contributed by atoms with Crippen LogP contribution in [-0.2, 0) is 0 Å². The maximum Gasteiger partial charge on any atom is 0.231 e. The summed E-state index contributed by atoms with van der Waals surface area (Å²) in [4.78, 5) is 12.8. The molecule has 0 saturated carbocycles. The highest BCUT2D eigenvalue weighted by molar-refractivity contribution is 7.99. The number of para-hydroxylation sites is 1. The molecule has 4 aromatic rings. The van der Waals surface area contributed by atoms with Gasteiger partial charge in [-0.15, -0.1) is 10.2 Å². The molecule has 0 amide bonds. The molecule has 6 nitrogen and oxygen atoms in total. The molecule has 5 rings (SSSR count). The summed E-state index contributed by atoms with van der Waals surface area (Å²) in [7, 11) is 0. The van der Waals surface area contributed by atoms with Gasteiger partial charge in [-0.2, -0.15) is 0 Å². The van der Waals surface area contributed by atoms with Crippen LogP contribution >= 0.6 is 35.0 Å². The minimum atomic E-state index is -0.121. The highest BCUT2D eigenvalue weighted by atomic mass is 35.5. The van der Waals surface area contributed by atoms with Crippen molar-refractivity contribution in [2.75, 3.05) is 12.5 Å². The number of halogens is 2. The van der Waals surface area contributed by atoms with E-state index in [1.807, 2.05) is 53.1 Å². The lowest BCUT2D eigenvalue weighted by Gasteiger charge is -2.11. The molecular formula is C23H15Cl2N3O3S. The van der Waals surface area contributed by atoms with Gasteiger partial charge in [-0.25, -0.2) is 0 Å². The van der Waals surface area contributed by atoms with Crippen molar-refractivity contribution in [3.8, 4) is 28.6 Å². The van der Waals surface area contributed by atoms with Gasteiger partial charge in [-0.3, -0.25) is 9.36 Å². The van der Waals surface area contributed by atoms with Crippen molar-refractivity contribution >= 4 is 40.7 Å². The first-order valence-electron chi connectivity index (χ1n) is 9.62. The molecule has 0 unspecified atom stereocenters. The average molecular weight is 484 g/mol. The molecule has 0 radical (unpaired) electrons. The number of ketones is 1. The Hall–Kier alpha value is -3.00. The van der Waals surface area contributed by atoms with Crippen molar-refractivity contribution in [1.82, 2.24) is 14.8 Å². The quantitative estimate of drug-likeness (QED) is 0.249. The highest BCUT2D eigenvalue weighted by Gasteiger charge is 2.21. The first-order chi connectivity index (χ1) is 15.6. The van der Waals surface area contributed by atoms with Gasteiger partial charge in [0.15, 0.2) is 28.3 Å². The molecule has 0 bridgehead atoms. The SMILES string of the molecule is O=C(CSc1nnc(-c2ccc3c(c2)OCO3)n1-c1ccccc1)c1ccc(Cl)cc1Cl. The third-order valence-corrected chi connectivity index (χ3v) is 6.32. The summed E-state index contributed by atoms with van der Waals surface area (Å²) < 4.78 is 12.8. The molecule has 3 aromatic carbocycles. The van der Waals surface area contributed by atoms with Gasteiger partial charge >= 0.3 is 0 Å². The van der Waals surface area contributed by atoms with Gasteiger partial charge in [0.25, 0.3) is 0 Å². The fraction of sp³-hybridized carbons (Fsp3) is 0.0870. The number of fused-ring (bicyclic) bond motifs is 1. The highest BCUT2D eigenvalue weighted by Crippen LogP contribution is 2.37. The Labute approximate surface area is 198 Å². The summed E-state index contributed by atoms with van der Waals surface area (Å²) in [5.41, 5.74) is 2.12. The van der Waals surface area contributed by atoms with Gasteiger partial charge in [0.05, 0.1) is 10.8 Å². The predicted octanol–water partition coefficient (Wildman–Crippen LogP) is 5.94. The van der Waals surface area contributed by atoms with Crippen molar-refractivity contribution in [3.05, 3.63) is 82.3 Å². The number of ether oxygens (including phenoxy) is 2. The lowest BCUT2D eigenvalue weighted by molar-refractivity contribution is 0.102. The average Bonchev–Trinajstić information content (AvgIpc) is 3.44. The van der Waals surface area contributed by atoms with Crippen molar-refractivity contribution in [3.63, 3.8) is 0 Å². The summed E-state index contributed by atoms with van der Waals surface area (Å²) in [5.74, 6) is 2.01. The molecular weight excluding hydrogens is 469 g/mol. The molecule has 160 valence electrons. The molecule has 2 heterocycles. The first kappa shape index (κ1) is 20.9. The molecule has 0 fully saturated rings. The van der Waals surface area contributed by atoms with E-state index < -0.39 is 0 Å². The van der Waals surface area contributed by atoms with Crippen LogP contribution in [0.4, 0.5) is 0 Å². The second-order valence-electron chi connectivity index (χ2n) is 6.88. The Balaban J connectivity index is 1.48. The largest absolute Gasteiger partial charge is 0.454 e. The monoisotopic (exact) mass is 483 g/mol. The summed E-state index contributed by atoms with van der Waals surface area (Å²) >= 11 is 13.4. The normalized spacial score (nSPS) is 12.2. The van der Waals surface area contributed by atoms with E-state index in [2.05, 4.69) is 10.2 Å². The molecule has 0 N–H and O–H groups in total. The second kappa shape index (κ2) is 8.86. The van der Waals surface area contributed by atoms with Crippen molar-refractivity contribution in [2.24, 2.45) is 0 Å². The van der Waals surface area contributed by atoms with E-state index in [0.29, 0.717) is 38.1 Å². The molecule has 32 heavy (non-hydrogen) atoms. The number of hydrogen-bond donors (Lipinski definition) is 0. The zero-order chi connectivity index (χ0) is 22.1. The third kappa shape index (κ3) is 4.07. The van der Waals surface area contributed by atoms with Crippen LogP contribution in [-0.4, -0.2) is 33.1 Å². The van der Waals surface area contributed by atoms with Crippen LogP contribution in [0.15, 0.2) is 71.9 Å². The minimum absolute atomic E-state index is 0.121. The van der Waals surface area contributed by atoms with Crippen molar-refractivity contribution < 1.29 is 14.3 Å². The van der Waals surface area contributed by atoms with Gasteiger partial charge in [-0.1, -0.05) is 53.2 Å². The predicted molar refractivity (Wildman–Crippen MR) is 124 cm³/mol. The van der Waals surface area contributed by atoms with Crippen LogP contribution in [0.1, 0.15) is 10.4 Å². The minimum Gasteiger partial charge on any atom is -0.454 e. The van der Waals surface area contributed by atoms with Crippen LogP contribution < -0.4 is 9.47 Å². The van der Waals surface area contributed by atoms with Crippen LogP contribution in [0.25, 0.3) is 17.1 Å². The number of rotatable bonds is 6. The maximum atomic E-state index is 12.8. The van der Waals surface area contributed by atoms with E-state index >= 15 is 0 Å². The molecule has 1 aliphatic rings. The van der Waals surface area contributed by atoms with E-state index in [1.165, 1.54) is 11.8 Å². The van der Waals surface area contributed by atoms with E-state index in [1.54, 1.807) is 18.2 Å². The maximum absolute atomic E-state index is 12.8. The molecule has 0 saturated heterocycles. The number of nitrogens with zero attached hydrogens (tertiary/aromatic N) is 3. The smallest absolute Gasteiger partial charge is 0.231 e. The Morgan fingerprint density at radius 2 is 1.78 bits per heavy atom. The fourth-order valence-corrected chi connectivity index (χ4v) is 4.67. The molecule has 0 atom stereocenters. The number of thioether (sulfide) groups is 1. The van der Waals surface area contributed by atoms with E-state index in [-0.39, 0.29) is 18.3 Å². The second-order valence-corrected chi connectivity index (χ2v) is 8.67. The molecule has 1 aromatic heterocycles. The van der Waals surface area contributed by atoms with E-state index in [0.717, 1.165) is 11.3 Å². The molecule has 1 aliphatic heterocycles. The first-order valence-corrected chi connectivity index (χ1v) is 11.4. The lowest BCUT2D eigenvalue weighted by atomic mass is 10.1. The summed E-state index contributed by atoms with van der Waals surface area (Å²) in [5, 5.41) is 10.2. The van der Waals surface area contributed by atoms with Crippen LogP contribution in [0.2, 0.25) is 10.0 Å². The van der Waals surface area contributed by atoms with Crippen molar-refractivity contribution in [2.45, 2.75) is 5.16 Å². The zero-order valence-electron chi connectivity index (χ0n) is 16.5. The standard InChI is InChI=1S/C23H15Cl2N3O3S/c24-15-7-8-17(18(25)11-15)19(29)12-32-23-27-26-22(28(23)16-4-2-1-3-5-16)14-6-9-20-21(10-14)31-13-30-20/h1-11H,12-13H2. The Morgan fingerprint density at radius 1 is 0.969 bits per heavy atom. The Morgan fingerprint density at radius 3 is 2.59 bits per heavy atom. The van der Waals surface area contributed by atoms with E-state index in [9.17, 15) is 4.79 Å². The number of Topliss-reactive ketones (excluding diaryl/α,β-unsaturated/α-hetero) is 1. The van der Waals surface area contributed by atoms with Crippen LogP contribution in [0.5, 0.6) is 11.5 Å². The number of benzene rings is 3. The number of aromatic nitrogens is 3. The zero-order valence-corrected chi connectivity index (χ0v) is 18.8. The van der Waals surface area contributed by atoms with Crippen LogP contribution in [0, 0.1) is 0 Å². The molecule has 0 spiro atoms. The topological polar surface area (TPSA) is 66.2 Å². The fourth-order valence-electron chi connectivity index (χ4n) is 3.32. The molecule has 0 aliphatic carbocycles. The van der Waals surface area contributed by atoms with Gasteiger partial charge in [0.2, 0.25) is 6.79 Å². The van der Waals surface area contributed by atoms with Crippen LogP contribution in [0.3, 0.4) is 0 Å². The molecule has 9 heteroatoms. The van der Waals surface area contributed by atoms with Gasteiger partial charge in [-0.05, 0) is 48.5 Å².